The lowest BCUT2D eigenvalue weighted by Crippen LogP contribution is -2.30. The molecule has 0 spiro atoms. The Morgan fingerprint density at radius 1 is 0.261 bits per heavy atom. The van der Waals surface area contributed by atoms with E-state index >= 15 is 0 Å². The van der Waals surface area contributed by atoms with E-state index in [0.717, 1.165) is 167 Å². The fourth-order valence-corrected chi connectivity index (χ4v) is 13.5. The monoisotopic (exact) mass is 1600 g/mol. The molecule has 5 atom stereocenters. The number of aliphatic hydroxyl groups excluding tert-OH is 2. The molecule has 0 aromatic carbocycles. The fraction of sp³-hybridized carbons (Fsp3) is 0.710. The van der Waals surface area contributed by atoms with Gasteiger partial charge in [0.2, 0.25) is 0 Å². The number of phosphoric ester groups is 2. The minimum atomic E-state index is -4.94. The molecule has 638 valence electrons. The molecule has 0 radical (unpaired) electrons. The summed E-state index contributed by atoms with van der Waals surface area (Å²) in [6.07, 6.45) is 106. The van der Waals surface area contributed by atoms with Crippen LogP contribution in [-0.4, -0.2) is 95.9 Å². The first-order valence-electron chi connectivity index (χ1n) is 44.1. The van der Waals surface area contributed by atoms with E-state index in [9.17, 15) is 43.5 Å². The lowest BCUT2D eigenvalue weighted by atomic mass is 10.0. The molecule has 0 aliphatic rings. The van der Waals surface area contributed by atoms with Crippen LogP contribution in [0.2, 0.25) is 0 Å². The van der Waals surface area contributed by atoms with Crippen molar-refractivity contribution in [1.29, 1.82) is 0 Å². The first-order valence-corrected chi connectivity index (χ1v) is 47.1. The molecule has 0 rings (SSSR count). The highest BCUT2D eigenvalue weighted by Crippen LogP contribution is 2.45. The minimum Gasteiger partial charge on any atom is -0.463 e. The molecular weight excluding hydrogens is 1430 g/mol. The molecule has 0 saturated heterocycles. The van der Waals surface area contributed by atoms with Crippen LogP contribution in [0, 0.1) is 0 Å². The van der Waals surface area contributed by atoms with Crippen LogP contribution < -0.4 is 0 Å². The van der Waals surface area contributed by atoms with Gasteiger partial charge >= 0.3 is 33.6 Å². The predicted octanol–water partition coefficient (Wildman–Crippen LogP) is 26.8. The molecule has 0 saturated carbocycles. The molecule has 0 fully saturated rings. The zero-order chi connectivity index (χ0) is 80.8. The Morgan fingerprint density at radius 2 is 0.477 bits per heavy atom. The van der Waals surface area contributed by atoms with Gasteiger partial charge in [-0.05, 0) is 141 Å². The third-order valence-corrected chi connectivity index (χ3v) is 20.4. The first kappa shape index (κ1) is 106. The van der Waals surface area contributed by atoms with Gasteiger partial charge in [0.05, 0.1) is 26.4 Å². The van der Waals surface area contributed by atoms with Crippen LogP contribution in [-0.2, 0) is 55.8 Å². The Hall–Kier alpha value is -4.57. The Morgan fingerprint density at radius 3 is 0.766 bits per heavy atom. The van der Waals surface area contributed by atoms with E-state index in [-0.39, 0.29) is 19.3 Å². The second-order valence-corrected chi connectivity index (χ2v) is 32.2. The minimum absolute atomic E-state index is 0.0932. The van der Waals surface area contributed by atoms with Gasteiger partial charge in [-0.2, -0.15) is 0 Å². The first-order chi connectivity index (χ1) is 54.2. The van der Waals surface area contributed by atoms with Crippen molar-refractivity contribution in [1.82, 2.24) is 0 Å². The normalized spacial score (nSPS) is 14.5. The highest BCUT2D eigenvalue weighted by molar-refractivity contribution is 7.47. The maximum atomic E-state index is 13.0. The standard InChI is InChI=1S/C93H160O16P2/c1-4-7-10-13-16-19-22-25-28-30-32-34-36-38-40-41-42-43-44-45-47-49-50-52-54-56-59-61-64-67-70-73-76-79-91(96)103-82-88(94)83-105-110(99,100)106-84-89(95)85-107-111(101,102)108-87-90(109-93(98)81-78-75-72-69-66-63-58-27-24-21-18-15-12-9-6-3)86-104-92(97)80-77-74-71-68-65-62-60-57-55-53-51-48-46-39-37-35-33-31-29-26-23-20-17-14-11-8-5-2/h7-8,10-11,16-17,19-20,25-29,32-35,38-40,42-43,46,58,88-90,94-95H,4-6,9,12-15,18,21-24,30-31,36-37,41,44-45,47-57,59-87H2,1-3H3,(H,99,100)(H,101,102)/b10-7-,11-8-,19-16-,20-17-,28-25-,29-26-,34-32-,35-33-,40-38-,43-42-,46-39-,58-27-. The number of carbonyl (C=O) groups is 3. The summed E-state index contributed by atoms with van der Waals surface area (Å²) in [6.45, 7) is 2.48. The number of esters is 3. The van der Waals surface area contributed by atoms with Crippen LogP contribution in [0.3, 0.4) is 0 Å². The van der Waals surface area contributed by atoms with Crippen molar-refractivity contribution in [2.75, 3.05) is 39.6 Å². The van der Waals surface area contributed by atoms with Gasteiger partial charge < -0.3 is 34.2 Å². The zero-order valence-corrected chi connectivity index (χ0v) is 71.9. The molecule has 4 N–H and O–H groups in total. The molecule has 0 amide bonds. The largest absolute Gasteiger partial charge is 0.472 e. The van der Waals surface area contributed by atoms with Crippen LogP contribution in [0.4, 0.5) is 0 Å². The van der Waals surface area contributed by atoms with Crippen molar-refractivity contribution >= 4 is 33.6 Å². The van der Waals surface area contributed by atoms with Gasteiger partial charge in [0.25, 0.3) is 0 Å². The SMILES string of the molecule is CC/C=C\C/C=C\C/C=C\C/C=C\C/C=C\C/C=C\CCCCCCCCCCCCCCCCC(=O)OCC(O)COP(=O)(O)OCC(O)COP(=O)(O)OCC(COC(=O)CCCCCCCCCCCCC/C=C\C/C=C\C/C=C\C/C=C\C/C=C\CC)OC(=O)CCCCCCC/C=C\CCCCCCCC. The van der Waals surface area contributed by atoms with Crippen molar-refractivity contribution in [3.63, 3.8) is 0 Å². The predicted molar refractivity (Wildman–Crippen MR) is 463 cm³/mol. The van der Waals surface area contributed by atoms with Crippen molar-refractivity contribution in [3.05, 3.63) is 146 Å². The highest BCUT2D eigenvalue weighted by Gasteiger charge is 2.29. The number of hydrogen-bond donors (Lipinski definition) is 4. The summed E-state index contributed by atoms with van der Waals surface area (Å²) in [4.78, 5) is 58.8. The maximum Gasteiger partial charge on any atom is 0.472 e. The van der Waals surface area contributed by atoms with Gasteiger partial charge in [-0.1, -0.05) is 353 Å². The number of ether oxygens (including phenoxy) is 3. The van der Waals surface area contributed by atoms with E-state index in [4.69, 9.17) is 32.3 Å². The van der Waals surface area contributed by atoms with E-state index < -0.39 is 91.5 Å². The van der Waals surface area contributed by atoms with Crippen LogP contribution in [0.25, 0.3) is 0 Å². The van der Waals surface area contributed by atoms with Gasteiger partial charge in [-0.15, -0.1) is 0 Å². The summed E-state index contributed by atoms with van der Waals surface area (Å²) in [5, 5.41) is 20.7. The lowest BCUT2D eigenvalue weighted by Gasteiger charge is -2.21. The highest BCUT2D eigenvalue weighted by atomic mass is 31.2. The average molecular weight is 1600 g/mol. The topological polar surface area (TPSA) is 231 Å². The third-order valence-electron chi connectivity index (χ3n) is 18.5. The summed E-state index contributed by atoms with van der Waals surface area (Å²) in [7, 11) is -9.80. The number of hydrogen-bond acceptors (Lipinski definition) is 14. The smallest absolute Gasteiger partial charge is 0.463 e. The molecule has 111 heavy (non-hydrogen) atoms. The fourth-order valence-electron chi connectivity index (χ4n) is 11.9. The van der Waals surface area contributed by atoms with Gasteiger partial charge in [-0.25, -0.2) is 9.13 Å². The molecule has 18 heteroatoms. The number of phosphoric acid groups is 2. The van der Waals surface area contributed by atoms with E-state index in [1.54, 1.807) is 0 Å². The van der Waals surface area contributed by atoms with E-state index in [2.05, 4.69) is 167 Å². The summed E-state index contributed by atoms with van der Waals surface area (Å²) < 4.78 is 61.3. The molecule has 0 aromatic rings. The quantitative estimate of drug-likeness (QED) is 0.0146. The third kappa shape index (κ3) is 86.1. The van der Waals surface area contributed by atoms with Crippen molar-refractivity contribution < 1.29 is 75.8 Å². The van der Waals surface area contributed by atoms with Crippen molar-refractivity contribution in [3.8, 4) is 0 Å². The summed E-state index contributed by atoms with van der Waals surface area (Å²) >= 11 is 0. The Bertz CT molecular complexity index is 2600. The molecule has 16 nitrogen and oxygen atoms in total. The molecule has 5 unspecified atom stereocenters. The Kier molecular flexibility index (Phi) is 81.3. The molecule has 0 aromatic heterocycles. The summed E-state index contributed by atoms with van der Waals surface area (Å²) in [5.41, 5.74) is 0. The molecule has 0 aliphatic heterocycles. The second kappa shape index (κ2) is 84.8. The van der Waals surface area contributed by atoms with Crippen LogP contribution in [0.15, 0.2) is 146 Å². The van der Waals surface area contributed by atoms with E-state index in [0.29, 0.717) is 19.3 Å². The molecular formula is C93H160O16P2. The summed E-state index contributed by atoms with van der Waals surface area (Å²) in [5.74, 6) is -1.58. The van der Waals surface area contributed by atoms with E-state index in [1.165, 1.54) is 141 Å². The maximum absolute atomic E-state index is 13.0. The van der Waals surface area contributed by atoms with Gasteiger partial charge in [0, 0.05) is 19.3 Å². The number of carbonyl (C=O) groups excluding carboxylic acids is 3. The molecule has 0 heterocycles. The number of aliphatic hydroxyl groups is 2. The van der Waals surface area contributed by atoms with Crippen LogP contribution >= 0.6 is 15.6 Å². The number of allylic oxidation sites excluding steroid dienone is 24. The van der Waals surface area contributed by atoms with Gasteiger partial charge in [0.15, 0.2) is 6.10 Å². The Balaban J connectivity index is 4.47. The van der Waals surface area contributed by atoms with Crippen LogP contribution in [0.5, 0.6) is 0 Å². The van der Waals surface area contributed by atoms with Gasteiger partial charge in [-0.3, -0.25) is 32.5 Å². The molecule has 0 aliphatic carbocycles. The zero-order valence-electron chi connectivity index (χ0n) is 70.1. The molecule has 0 bridgehead atoms. The summed E-state index contributed by atoms with van der Waals surface area (Å²) in [6, 6.07) is 0. The van der Waals surface area contributed by atoms with Crippen LogP contribution in [0.1, 0.15) is 367 Å². The average Bonchev–Trinajstić information content (AvgIpc) is 0.902. The van der Waals surface area contributed by atoms with Crippen molar-refractivity contribution in [2.45, 2.75) is 386 Å². The number of unbranched alkanes of at least 4 members (excludes halogenated alkanes) is 36. The number of rotatable bonds is 83. The second-order valence-electron chi connectivity index (χ2n) is 29.3. The Labute approximate surface area is 677 Å². The van der Waals surface area contributed by atoms with Gasteiger partial charge in [0.1, 0.15) is 25.4 Å². The lowest BCUT2D eigenvalue weighted by molar-refractivity contribution is -0.161. The van der Waals surface area contributed by atoms with Crippen molar-refractivity contribution in [2.24, 2.45) is 0 Å². The van der Waals surface area contributed by atoms with E-state index in [1.807, 2.05) is 0 Å².